The maximum atomic E-state index is 12.1. The van der Waals surface area contributed by atoms with E-state index in [-0.39, 0.29) is 11.3 Å². The molecule has 1 heterocycles. The molecule has 1 aromatic carbocycles. The Bertz CT molecular complexity index is 493. The first kappa shape index (κ1) is 10.3. The predicted octanol–water partition coefficient (Wildman–Crippen LogP) is 3.46. The average molecular weight is 280 g/mol. The molecule has 1 amide bonds. The maximum absolute atomic E-state index is 12.1. The third-order valence-electron chi connectivity index (χ3n) is 4.03. The van der Waals surface area contributed by atoms with Crippen LogP contribution in [0.2, 0.25) is 0 Å². The van der Waals surface area contributed by atoms with Crippen LogP contribution in [0.1, 0.15) is 37.3 Å². The smallest absolute Gasteiger partial charge is 0.230 e. The Labute approximate surface area is 104 Å². The highest BCUT2D eigenvalue weighted by atomic mass is 79.9. The highest BCUT2D eigenvalue weighted by molar-refractivity contribution is 9.10. The lowest BCUT2D eigenvalue weighted by Crippen LogP contribution is -2.39. The van der Waals surface area contributed by atoms with Crippen LogP contribution in [0.4, 0.5) is 5.69 Å². The zero-order chi connectivity index (χ0) is 11.5. The molecule has 2 nitrogen and oxygen atoms in total. The molecule has 1 unspecified atom stereocenters. The van der Waals surface area contributed by atoms with Gasteiger partial charge in [-0.05, 0) is 46.0 Å². The zero-order valence-electron chi connectivity index (χ0n) is 9.43. The first-order valence-electron chi connectivity index (χ1n) is 5.64. The second kappa shape index (κ2) is 3.10. The summed E-state index contributed by atoms with van der Waals surface area (Å²) < 4.78 is 1.00. The van der Waals surface area contributed by atoms with Gasteiger partial charge < -0.3 is 5.32 Å². The Morgan fingerprint density at radius 3 is 2.94 bits per heavy atom. The van der Waals surface area contributed by atoms with Gasteiger partial charge in [-0.1, -0.05) is 19.9 Å². The molecule has 0 saturated heterocycles. The average Bonchev–Trinajstić information content (AvgIpc) is 2.65. The van der Waals surface area contributed by atoms with Crippen molar-refractivity contribution in [1.82, 2.24) is 0 Å². The summed E-state index contributed by atoms with van der Waals surface area (Å²) in [5.41, 5.74) is 3.48. The second-order valence-electron chi connectivity index (χ2n) is 5.26. The molecule has 0 fully saturated rings. The van der Waals surface area contributed by atoms with E-state index in [0.717, 1.165) is 23.0 Å². The molecule has 16 heavy (non-hydrogen) atoms. The molecule has 0 radical (unpaired) electrons. The van der Waals surface area contributed by atoms with Crippen LogP contribution < -0.4 is 5.32 Å². The zero-order valence-corrected chi connectivity index (χ0v) is 11.0. The van der Waals surface area contributed by atoms with Crippen molar-refractivity contribution in [3.63, 3.8) is 0 Å². The van der Waals surface area contributed by atoms with Crippen LogP contribution in [0.15, 0.2) is 16.6 Å². The summed E-state index contributed by atoms with van der Waals surface area (Å²) in [7, 11) is 0. The lowest BCUT2D eigenvalue weighted by Gasteiger charge is -2.37. The maximum Gasteiger partial charge on any atom is 0.230 e. The molecule has 1 atom stereocenters. The Kier molecular flexibility index (Phi) is 2.00. The van der Waals surface area contributed by atoms with E-state index >= 15 is 0 Å². The Morgan fingerprint density at radius 1 is 1.44 bits per heavy atom. The van der Waals surface area contributed by atoms with Crippen molar-refractivity contribution >= 4 is 27.5 Å². The van der Waals surface area contributed by atoms with E-state index < -0.39 is 0 Å². The number of amides is 1. The van der Waals surface area contributed by atoms with Crippen LogP contribution in [-0.2, 0) is 11.2 Å². The number of anilines is 1. The summed E-state index contributed by atoms with van der Waals surface area (Å²) >= 11 is 3.52. The summed E-state index contributed by atoms with van der Waals surface area (Å²) in [6.07, 6.45) is 2.19. The topological polar surface area (TPSA) is 29.1 Å². The second-order valence-corrected chi connectivity index (χ2v) is 6.12. The molecular formula is C13H14BrNO. The van der Waals surface area contributed by atoms with Crippen LogP contribution in [0.25, 0.3) is 0 Å². The fourth-order valence-corrected chi connectivity index (χ4v) is 3.42. The quantitative estimate of drug-likeness (QED) is 0.774. The van der Waals surface area contributed by atoms with Crippen molar-refractivity contribution in [1.29, 1.82) is 0 Å². The van der Waals surface area contributed by atoms with Crippen LogP contribution >= 0.6 is 15.9 Å². The van der Waals surface area contributed by atoms with E-state index in [1.165, 1.54) is 11.1 Å². The molecule has 1 aliphatic carbocycles. The largest absolute Gasteiger partial charge is 0.324 e. The number of carbonyl (C=O) groups excluding carboxylic acids is 1. The standard InChI is InChI=1S/C13H14BrNO/c1-13(2)8-5-3-7-4-6-9(14)11(10(7)8)15-12(13)16/h4,6,8H,3,5H2,1-2H3,(H,15,16). The molecule has 1 N–H and O–H groups in total. The molecule has 1 aliphatic heterocycles. The van der Waals surface area contributed by atoms with Gasteiger partial charge in [-0.15, -0.1) is 0 Å². The number of benzene rings is 1. The fourth-order valence-electron chi connectivity index (χ4n) is 2.98. The Balaban J connectivity index is 2.28. The molecule has 3 heteroatoms. The van der Waals surface area contributed by atoms with E-state index in [1.54, 1.807) is 0 Å². The van der Waals surface area contributed by atoms with Gasteiger partial charge in [-0.2, -0.15) is 0 Å². The summed E-state index contributed by atoms with van der Waals surface area (Å²) in [5, 5.41) is 3.04. The van der Waals surface area contributed by atoms with Crippen LogP contribution in [0.5, 0.6) is 0 Å². The molecule has 2 aliphatic rings. The minimum Gasteiger partial charge on any atom is -0.324 e. The molecule has 0 aromatic heterocycles. The lowest BCUT2D eigenvalue weighted by atomic mass is 9.72. The summed E-state index contributed by atoms with van der Waals surface area (Å²) in [6.45, 7) is 4.10. The molecule has 0 saturated carbocycles. The molecule has 1 aromatic rings. The van der Waals surface area contributed by atoms with Crippen molar-refractivity contribution < 1.29 is 4.79 Å². The van der Waals surface area contributed by atoms with Crippen molar-refractivity contribution in [2.45, 2.75) is 32.6 Å². The number of carbonyl (C=O) groups is 1. The van der Waals surface area contributed by atoms with Gasteiger partial charge in [-0.3, -0.25) is 4.79 Å². The van der Waals surface area contributed by atoms with E-state index in [2.05, 4.69) is 27.3 Å². The van der Waals surface area contributed by atoms with Crippen molar-refractivity contribution in [3.8, 4) is 0 Å². The van der Waals surface area contributed by atoms with Crippen LogP contribution in [0.3, 0.4) is 0 Å². The van der Waals surface area contributed by atoms with Gasteiger partial charge in [-0.25, -0.2) is 0 Å². The molecule has 3 rings (SSSR count). The van der Waals surface area contributed by atoms with Crippen LogP contribution in [-0.4, -0.2) is 5.91 Å². The Hall–Kier alpha value is -0.830. The summed E-state index contributed by atoms with van der Waals surface area (Å²) in [5.74, 6) is 0.522. The first-order valence-corrected chi connectivity index (χ1v) is 6.44. The number of aryl methyl sites for hydroxylation is 1. The van der Waals surface area contributed by atoms with Gasteiger partial charge in [0.25, 0.3) is 0 Å². The number of nitrogens with one attached hydrogen (secondary N) is 1. The van der Waals surface area contributed by atoms with Gasteiger partial charge in [0.1, 0.15) is 0 Å². The van der Waals surface area contributed by atoms with Crippen LogP contribution in [0, 0.1) is 5.41 Å². The molecule has 84 valence electrons. The monoisotopic (exact) mass is 279 g/mol. The summed E-state index contributed by atoms with van der Waals surface area (Å²) in [4.78, 5) is 12.1. The normalized spacial score (nSPS) is 25.2. The number of hydrogen-bond donors (Lipinski definition) is 1. The third-order valence-corrected chi connectivity index (χ3v) is 4.69. The van der Waals surface area contributed by atoms with E-state index in [0.29, 0.717) is 5.92 Å². The summed E-state index contributed by atoms with van der Waals surface area (Å²) in [6, 6.07) is 4.21. The van der Waals surface area contributed by atoms with Gasteiger partial charge in [0.15, 0.2) is 0 Å². The lowest BCUT2D eigenvalue weighted by molar-refractivity contribution is -0.125. The van der Waals surface area contributed by atoms with E-state index in [4.69, 9.17) is 0 Å². The highest BCUT2D eigenvalue weighted by Crippen LogP contribution is 2.53. The predicted molar refractivity (Wildman–Crippen MR) is 67.6 cm³/mol. The highest BCUT2D eigenvalue weighted by Gasteiger charge is 2.46. The van der Waals surface area contributed by atoms with Gasteiger partial charge in [0.2, 0.25) is 5.91 Å². The van der Waals surface area contributed by atoms with E-state index in [1.807, 2.05) is 19.9 Å². The van der Waals surface area contributed by atoms with E-state index in [9.17, 15) is 4.79 Å². The van der Waals surface area contributed by atoms with Crippen molar-refractivity contribution in [2.75, 3.05) is 5.32 Å². The minimum absolute atomic E-state index is 0.143. The number of hydrogen-bond acceptors (Lipinski definition) is 1. The first-order chi connectivity index (χ1) is 7.51. The van der Waals surface area contributed by atoms with Crippen molar-refractivity contribution in [2.24, 2.45) is 5.41 Å². The molecular weight excluding hydrogens is 266 g/mol. The van der Waals surface area contributed by atoms with Crippen molar-refractivity contribution in [3.05, 3.63) is 27.7 Å². The van der Waals surface area contributed by atoms with Gasteiger partial charge >= 0.3 is 0 Å². The molecule has 0 bridgehead atoms. The Morgan fingerprint density at radius 2 is 2.19 bits per heavy atom. The number of halogens is 1. The fraction of sp³-hybridized carbons (Fsp3) is 0.462. The molecule has 0 spiro atoms. The third kappa shape index (κ3) is 1.15. The van der Waals surface area contributed by atoms with Gasteiger partial charge in [0, 0.05) is 10.4 Å². The SMILES string of the molecule is CC1(C)C(=O)Nc2c(Br)ccc3c2C1CC3. The minimum atomic E-state index is -0.279. The van der Waals surface area contributed by atoms with Gasteiger partial charge in [0.05, 0.1) is 11.1 Å². The number of rotatable bonds is 0.